The standard InChI is InChI=1S/C20H32O2S/c1-2-3-4-5-6-7-8-9-10-14-17-23(22)18-20(21)19-15-12-11-13-16-19/h11-13,15-16H,2-10,14,17-18H2,1H3. The lowest BCUT2D eigenvalue weighted by Gasteiger charge is -2.03. The summed E-state index contributed by atoms with van der Waals surface area (Å²) in [5.41, 5.74) is 0.670. The van der Waals surface area contributed by atoms with Crippen molar-refractivity contribution >= 4 is 16.6 Å². The summed E-state index contributed by atoms with van der Waals surface area (Å²) in [7, 11) is -1.01. The van der Waals surface area contributed by atoms with Crippen LogP contribution in [0.5, 0.6) is 0 Å². The van der Waals surface area contributed by atoms with Gasteiger partial charge in [0.2, 0.25) is 0 Å². The first kappa shape index (κ1) is 20.1. The van der Waals surface area contributed by atoms with E-state index < -0.39 is 10.8 Å². The second kappa shape index (κ2) is 13.5. The second-order valence-electron chi connectivity index (χ2n) is 6.26. The van der Waals surface area contributed by atoms with Crippen LogP contribution >= 0.6 is 0 Å². The Labute approximate surface area is 144 Å². The molecule has 0 saturated heterocycles. The van der Waals surface area contributed by atoms with Crippen LogP contribution in [0.1, 0.15) is 81.5 Å². The molecule has 0 amide bonds. The molecule has 0 fully saturated rings. The molecule has 0 saturated carbocycles. The minimum Gasteiger partial charge on any atom is -0.293 e. The maximum atomic E-state index is 12.0. The molecule has 1 aromatic carbocycles. The first-order valence-electron chi connectivity index (χ1n) is 9.17. The molecule has 1 unspecified atom stereocenters. The highest BCUT2D eigenvalue weighted by atomic mass is 32.2. The fraction of sp³-hybridized carbons (Fsp3) is 0.650. The third-order valence-electron chi connectivity index (χ3n) is 4.11. The quantitative estimate of drug-likeness (QED) is 0.330. The maximum Gasteiger partial charge on any atom is 0.175 e. The van der Waals surface area contributed by atoms with Gasteiger partial charge in [0, 0.05) is 22.1 Å². The molecule has 23 heavy (non-hydrogen) atoms. The Morgan fingerprint density at radius 2 is 1.35 bits per heavy atom. The van der Waals surface area contributed by atoms with E-state index in [4.69, 9.17) is 0 Å². The van der Waals surface area contributed by atoms with Crippen molar-refractivity contribution in [2.24, 2.45) is 0 Å². The van der Waals surface area contributed by atoms with E-state index >= 15 is 0 Å². The molecule has 0 radical (unpaired) electrons. The molecular formula is C20H32O2S. The van der Waals surface area contributed by atoms with Gasteiger partial charge < -0.3 is 0 Å². The van der Waals surface area contributed by atoms with Gasteiger partial charge in [-0.15, -0.1) is 0 Å². The minimum atomic E-state index is -1.01. The van der Waals surface area contributed by atoms with E-state index in [0.717, 1.165) is 12.8 Å². The monoisotopic (exact) mass is 336 g/mol. The summed E-state index contributed by atoms with van der Waals surface area (Å²) >= 11 is 0. The van der Waals surface area contributed by atoms with Gasteiger partial charge in [-0.25, -0.2) is 0 Å². The van der Waals surface area contributed by atoms with Crippen molar-refractivity contribution in [3.05, 3.63) is 35.9 Å². The molecule has 1 atom stereocenters. The van der Waals surface area contributed by atoms with Crippen LogP contribution in [-0.2, 0) is 10.8 Å². The van der Waals surface area contributed by atoms with Gasteiger partial charge in [-0.3, -0.25) is 9.00 Å². The Hall–Kier alpha value is -0.960. The molecule has 0 spiro atoms. The highest BCUT2D eigenvalue weighted by molar-refractivity contribution is 7.85. The molecule has 0 aromatic heterocycles. The fourth-order valence-corrected chi connectivity index (χ4v) is 3.81. The summed E-state index contributed by atoms with van der Waals surface area (Å²) in [6.07, 6.45) is 12.8. The van der Waals surface area contributed by atoms with E-state index in [9.17, 15) is 9.00 Å². The average molecular weight is 337 g/mol. The van der Waals surface area contributed by atoms with Crippen LogP contribution in [0.4, 0.5) is 0 Å². The van der Waals surface area contributed by atoms with Gasteiger partial charge in [-0.1, -0.05) is 95.0 Å². The molecule has 3 heteroatoms. The van der Waals surface area contributed by atoms with E-state index in [1.807, 2.05) is 18.2 Å². The Bertz CT molecular complexity index is 442. The third kappa shape index (κ3) is 10.4. The van der Waals surface area contributed by atoms with Crippen LogP contribution in [0, 0.1) is 0 Å². The summed E-state index contributed by atoms with van der Waals surface area (Å²) in [5, 5.41) is 0. The molecule has 0 bridgehead atoms. The zero-order chi connectivity index (χ0) is 16.8. The smallest absolute Gasteiger partial charge is 0.175 e. The Morgan fingerprint density at radius 1 is 0.826 bits per heavy atom. The molecule has 0 aliphatic carbocycles. The van der Waals surface area contributed by atoms with Crippen molar-refractivity contribution in [2.45, 2.75) is 71.1 Å². The van der Waals surface area contributed by atoms with Crippen LogP contribution in [-0.4, -0.2) is 21.5 Å². The van der Waals surface area contributed by atoms with Crippen molar-refractivity contribution in [1.29, 1.82) is 0 Å². The van der Waals surface area contributed by atoms with Gasteiger partial charge in [0.05, 0.1) is 5.75 Å². The number of unbranched alkanes of at least 4 members (excludes halogenated alkanes) is 9. The molecule has 0 aliphatic rings. The summed E-state index contributed by atoms with van der Waals surface area (Å²) in [4.78, 5) is 11.9. The highest BCUT2D eigenvalue weighted by Gasteiger charge is 2.09. The maximum absolute atomic E-state index is 12.0. The molecule has 0 N–H and O–H groups in total. The van der Waals surface area contributed by atoms with Gasteiger partial charge in [-0.05, 0) is 6.42 Å². The van der Waals surface area contributed by atoms with Gasteiger partial charge in [0.25, 0.3) is 0 Å². The van der Waals surface area contributed by atoms with Crippen LogP contribution in [0.25, 0.3) is 0 Å². The number of Topliss-reactive ketones (excluding diaryl/α,β-unsaturated/α-hetero) is 1. The van der Waals surface area contributed by atoms with Crippen LogP contribution in [0.3, 0.4) is 0 Å². The average Bonchev–Trinajstić information content (AvgIpc) is 2.57. The van der Waals surface area contributed by atoms with Crippen molar-refractivity contribution in [3.8, 4) is 0 Å². The number of hydrogen-bond acceptors (Lipinski definition) is 2. The molecule has 130 valence electrons. The molecule has 1 rings (SSSR count). The summed E-state index contributed by atoms with van der Waals surface area (Å²) in [6, 6.07) is 9.16. The zero-order valence-electron chi connectivity index (χ0n) is 14.6. The molecule has 2 nitrogen and oxygen atoms in total. The highest BCUT2D eigenvalue weighted by Crippen LogP contribution is 2.11. The van der Waals surface area contributed by atoms with E-state index in [-0.39, 0.29) is 11.5 Å². The fourth-order valence-electron chi connectivity index (χ4n) is 2.68. The SMILES string of the molecule is CCCCCCCCCCCCS(=O)CC(=O)c1ccccc1. The number of carbonyl (C=O) groups excluding carboxylic acids is 1. The molecule has 1 aromatic rings. The largest absolute Gasteiger partial charge is 0.293 e. The lowest BCUT2D eigenvalue weighted by Crippen LogP contribution is -2.13. The lowest BCUT2D eigenvalue weighted by atomic mass is 10.1. The first-order chi connectivity index (χ1) is 11.2. The predicted octanol–water partition coefficient (Wildman–Crippen LogP) is 5.54. The summed E-state index contributed by atoms with van der Waals surface area (Å²) < 4.78 is 12.0. The number of carbonyl (C=O) groups is 1. The second-order valence-corrected chi connectivity index (χ2v) is 7.84. The number of hydrogen-bond donors (Lipinski definition) is 0. The molecule has 0 heterocycles. The van der Waals surface area contributed by atoms with Gasteiger partial charge in [0.1, 0.15) is 0 Å². The van der Waals surface area contributed by atoms with Gasteiger partial charge in [-0.2, -0.15) is 0 Å². The normalized spacial score (nSPS) is 12.2. The van der Waals surface area contributed by atoms with Crippen molar-refractivity contribution in [2.75, 3.05) is 11.5 Å². The summed E-state index contributed by atoms with van der Waals surface area (Å²) in [5.74, 6) is 0.826. The zero-order valence-corrected chi connectivity index (χ0v) is 15.4. The molecule has 0 aliphatic heterocycles. The van der Waals surface area contributed by atoms with Gasteiger partial charge in [0.15, 0.2) is 5.78 Å². The van der Waals surface area contributed by atoms with Crippen molar-refractivity contribution in [3.63, 3.8) is 0 Å². The Balaban J connectivity index is 1.97. The number of benzene rings is 1. The van der Waals surface area contributed by atoms with Crippen LogP contribution in [0.15, 0.2) is 30.3 Å². The van der Waals surface area contributed by atoms with Crippen LogP contribution in [0.2, 0.25) is 0 Å². The summed E-state index contributed by atoms with van der Waals surface area (Å²) in [6.45, 7) is 2.25. The Kier molecular flexibility index (Phi) is 11.8. The topological polar surface area (TPSA) is 34.1 Å². The van der Waals surface area contributed by atoms with E-state index in [1.165, 1.54) is 51.4 Å². The van der Waals surface area contributed by atoms with E-state index in [1.54, 1.807) is 12.1 Å². The predicted molar refractivity (Wildman–Crippen MR) is 100 cm³/mol. The van der Waals surface area contributed by atoms with E-state index in [2.05, 4.69) is 6.92 Å². The Morgan fingerprint density at radius 3 is 1.91 bits per heavy atom. The lowest BCUT2D eigenvalue weighted by molar-refractivity contribution is 0.102. The van der Waals surface area contributed by atoms with Crippen molar-refractivity contribution < 1.29 is 9.00 Å². The van der Waals surface area contributed by atoms with Crippen molar-refractivity contribution in [1.82, 2.24) is 0 Å². The molecular weight excluding hydrogens is 304 g/mol. The van der Waals surface area contributed by atoms with E-state index in [0.29, 0.717) is 11.3 Å². The number of ketones is 1. The minimum absolute atomic E-state index is 0.00369. The van der Waals surface area contributed by atoms with Gasteiger partial charge >= 0.3 is 0 Å². The number of rotatable bonds is 14. The third-order valence-corrected chi connectivity index (χ3v) is 5.44. The first-order valence-corrected chi connectivity index (χ1v) is 10.7. The van der Waals surface area contributed by atoms with Crippen LogP contribution < -0.4 is 0 Å².